The van der Waals surface area contributed by atoms with Crippen molar-refractivity contribution in [1.29, 1.82) is 0 Å². The molecule has 17 heavy (non-hydrogen) atoms. The molecule has 3 rings (SSSR count). The van der Waals surface area contributed by atoms with Gasteiger partial charge in [0.15, 0.2) is 0 Å². The van der Waals surface area contributed by atoms with E-state index in [2.05, 4.69) is 15.4 Å². The van der Waals surface area contributed by atoms with Crippen molar-refractivity contribution in [2.75, 3.05) is 5.32 Å². The zero-order valence-electron chi connectivity index (χ0n) is 9.17. The van der Waals surface area contributed by atoms with Crippen LogP contribution in [-0.4, -0.2) is 20.8 Å². The van der Waals surface area contributed by atoms with Gasteiger partial charge in [-0.15, -0.1) is 11.3 Å². The van der Waals surface area contributed by atoms with Gasteiger partial charge in [-0.25, -0.2) is 9.67 Å². The first-order valence-corrected chi connectivity index (χ1v) is 6.41. The Kier molecular flexibility index (Phi) is 2.64. The second-order valence-corrected chi connectivity index (χ2v) is 5.06. The fourth-order valence-electron chi connectivity index (χ4n) is 1.55. The van der Waals surface area contributed by atoms with Gasteiger partial charge in [-0.1, -0.05) is 0 Å². The van der Waals surface area contributed by atoms with E-state index in [0.717, 1.165) is 10.7 Å². The third-order valence-corrected chi connectivity index (χ3v) is 3.35. The van der Waals surface area contributed by atoms with Crippen LogP contribution in [0.1, 0.15) is 17.8 Å². The average Bonchev–Trinajstić information content (AvgIpc) is 2.97. The maximum absolute atomic E-state index is 11.8. The standard InChI is InChI=1S/C11H12N4OS/c16-11-5-9(14-8-1-2-8)6-13-15(11)7-10-12-3-4-17-10/h3-6,8,14H,1-2,7H2. The molecule has 6 heteroatoms. The molecule has 1 aliphatic rings. The van der Waals surface area contributed by atoms with E-state index in [9.17, 15) is 4.79 Å². The van der Waals surface area contributed by atoms with Crippen molar-refractivity contribution in [3.05, 3.63) is 39.2 Å². The lowest BCUT2D eigenvalue weighted by atomic mass is 10.4. The summed E-state index contributed by atoms with van der Waals surface area (Å²) in [5, 5.41) is 10.2. The van der Waals surface area contributed by atoms with E-state index < -0.39 is 0 Å². The molecule has 88 valence electrons. The van der Waals surface area contributed by atoms with E-state index in [1.54, 1.807) is 18.5 Å². The normalized spacial score (nSPS) is 14.8. The van der Waals surface area contributed by atoms with Crippen LogP contribution in [0.15, 0.2) is 28.6 Å². The third-order valence-electron chi connectivity index (χ3n) is 2.59. The van der Waals surface area contributed by atoms with Gasteiger partial charge in [0.05, 0.1) is 18.4 Å². The summed E-state index contributed by atoms with van der Waals surface area (Å²) in [7, 11) is 0. The van der Waals surface area contributed by atoms with E-state index in [1.165, 1.54) is 28.9 Å². The van der Waals surface area contributed by atoms with Crippen LogP contribution in [0.25, 0.3) is 0 Å². The van der Waals surface area contributed by atoms with Crippen LogP contribution in [0, 0.1) is 0 Å². The molecule has 2 aromatic heterocycles. The van der Waals surface area contributed by atoms with E-state index in [1.807, 2.05) is 5.38 Å². The number of nitrogens with one attached hydrogen (secondary N) is 1. The van der Waals surface area contributed by atoms with Gasteiger partial charge in [0, 0.05) is 23.7 Å². The second-order valence-electron chi connectivity index (χ2n) is 4.08. The number of nitrogens with zero attached hydrogens (tertiary/aromatic N) is 3. The first-order chi connectivity index (χ1) is 8.31. The minimum Gasteiger partial charge on any atom is -0.381 e. The van der Waals surface area contributed by atoms with Crippen LogP contribution in [0.5, 0.6) is 0 Å². The molecule has 2 heterocycles. The van der Waals surface area contributed by atoms with Crippen LogP contribution >= 0.6 is 11.3 Å². The van der Waals surface area contributed by atoms with Gasteiger partial charge >= 0.3 is 0 Å². The fraction of sp³-hybridized carbons (Fsp3) is 0.364. The topological polar surface area (TPSA) is 59.8 Å². The van der Waals surface area contributed by atoms with Crippen molar-refractivity contribution in [2.45, 2.75) is 25.4 Å². The van der Waals surface area contributed by atoms with E-state index >= 15 is 0 Å². The van der Waals surface area contributed by atoms with Gasteiger partial charge < -0.3 is 5.32 Å². The summed E-state index contributed by atoms with van der Waals surface area (Å²) in [6.07, 6.45) is 5.80. The van der Waals surface area contributed by atoms with Crippen LogP contribution < -0.4 is 10.9 Å². The molecule has 0 saturated heterocycles. The molecule has 0 aromatic carbocycles. The molecule has 1 aliphatic carbocycles. The Morgan fingerprint density at radius 1 is 1.53 bits per heavy atom. The van der Waals surface area contributed by atoms with E-state index in [4.69, 9.17) is 0 Å². The molecule has 0 amide bonds. The minimum atomic E-state index is -0.0918. The number of thiazole rings is 1. The summed E-state index contributed by atoms with van der Waals surface area (Å²) in [5.41, 5.74) is 0.721. The molecule has 0 aliphatic heterocycles. The van der Waals surface area contributed by atoms with Gasteiger partial charge in [0.1, 0.15) is 5.01 Å². The predicted octanol–water partition coefficient (Wildman–Crippen LogP) is 1.32. The Balaban J connectivity index is 1.78. The lowest BCUT2D eigenvalue weighted by Gasteiger charge is -2.05. The smallest absolute Gasteiger partial charge is 0.269 e. The highest BCUT2D eigenvalue weighted by atomic mass is 32.1. The van der Waals surface area contributed by atoms with Crippen molar-refractivity contribution < 1.29 is 0 Å². The van der Waals surface area contributed by atoms with Crippen molar-refractivity contribution in [2.24, 2.45) is 0 Å². The van der Waals surface area contributed by atoms with Gasteiger partial charge in [-0.3, -0.25) is 4.79 Å². The van der Waals surface area contributed by atoms with Crippen LogP contribution in [-0.2, 0) is 6.54 Å². The number of hydrogen-bond acceptors (Lipinski definition) is 5. The highest BCUT2D eigenvalue weighted by Gasteiger charge is 2.21. The number of aromatic nitrogens is 3. The minimum absolute atomic E-state index is 0.0918. The molecular weight excluding hydrogens is 236 g/mol. The Bertz CT molecular complexity index is 559. The molecule has 0 spiro atoms. The van der Waals surface area contributed by atoms with Gasteiger partial charge in [0.25, 0.3) is 5.56 Å². The monoisotopic (exact) mass is 248 g/mol. The zero-order valence-corrected chi connectivity index (χ0v) is 9.98. The molecule has 0 bridgehead atoms. The summed E-state index contributed by atoms with van der Waals surface area (Å²) in [6, 6.07) is 2.13. The molecular formula is C11H12N4OS. The highest BCUT2D eigenvalue weighted by Crippen LogP contribution is 2.23. The SMILES string of the molecule is O=c1cc(NC2CC2)cnn1Cc1nccs1. The summed E-state index contributed by atoms with van der Waals surface area (Å²) in [6.45, 7) is 0.445. The van der Waals surface area contributed by atoms with Crippen molar-refractivity contribution in [3.63, 3.8) is 0 Å². The van der Waals surface area contributed by atoms with Gasteiger partial charge in [-0.2, -0.15) is 5.10 Å². The quantitative estimate of drug-likeness (QED) is 0.886. The zero-order chi connectivity index (χ0) is 11.7. The van der Waals surface area contributed by atoms with Crippen LogP contribution in [0.4, 0.5) is 5.69 Å². The van der Waals surface area contributed by atoms with E-state index in [-0.39, 0.29) is 5.56 Å². The third kappa shape index (κ3) is 2.52. The molecule has 1 saturated carbocycles. The Hall–Kier alpha value is -1.69. The highest BCUT2D eigenvalue weighted by molar-refractivity contribution is 7.09. The predicted molar refractivity (Wildman–Crippen MR) is 66.4 cm³/mol. The molecule has 1 fully saturated rings. The first-order valence-electron chi connectivity index (χ1n) is 5.53. The fourth-order valence-corrected chi connectivity index (χ4v) is 2.15. The lowest BCUT2D eigenvalue weighted by Crippen LogP contribution is -2.23. The molecule has 2 aromatic rings. The first kappa shape index (κ1) is 10.5. The van der Waals surface area contributed by atoms with Gasteiger partial charge in [0.2, 0.25) is 0 Å². The van der Waals surface area contributed by atoms with Gasteiger partial charge in [-0.05, 0) is 12.8 Å². The van der Waals surface area contributed by atoms with Crippen LogP contribution in [0.3, 0.4) is 0 Å². The van der Waals surface area contributed by atoms with Crippen molar-refractivity contribution in [1.82, 2.24) is 14.8 Å². The van der Waals surface area contributed by atoms with E-state index in [0.29, 0.717) is 12.6 Å². The van der Waals surface area contributed by atoms with Crippen molar-refractivity contribution in [3.8, 4) is 0 Å². The molecule has 0 unspecified atom stereocenters. The molecule has 0 radical (unpaired) electrons. The average molecular weight is 248 g/mol. The number of anilines is 1. The summed E-state index contributed by atoms with van der Waals surface area (Å²) in [4.78, 5) is 15.9. The lowest BCUT2D eigenvalue weighted by molar-refractivity contribution is 0.637. The maximum atomic E-state index is 11.8. The molecule has 1 N–H and O–H groups in total. The summed E-state index contributed by atoms with van der Waals surface area (Å²) in [5.74, 6) is 0. The summed E-state index contributed by atoms with van der Waals surface area (Å²) >= 11 is 1.52. The van der Waals surface area contributed by atoms with Crippen LogP contribution in [0.2, 0.25) is 0 Å². The summed E-state index contributed by atoms with van der Waals surface area (Å²) < 4.78 is 1.43. The molecule has 0 atom stereocenters. The molecule has 5 nitrogen and oxygen atoms in total. The Labute approximate surface area is 102 Å². The Morgan fingerprint density at radius 2 is 2.41 bits per heavy atom. The van der Waals surface area contributed by atoms with Crippen molar-refractivity contribution >= 4 is 17.0 Å². The largest absolute Gasteiger partial charge is 0.381 e. The number of hydrogen-bond donors (Lipinski definition) is 1. The number of rotatable bonds is 4. The Morgan fingerprint density at radius 3 is 3.06 bits per heavy atom. The maximum Gasteiger partial charge on any atom is 0.269 e. The second kappa shape index (κ2) is 4.29.